The van der Waals surface area contributed by atoms with Crippen molar-refractivity contribution in [3.63, 3.8) is 0 Å². The first kappa shape index (κ1) is 26.3. The van der Waals surface area contributed by atoms with Crippen molar-refractivity contribution in [2.75, 3.05) is 26.3 Å². The molecule has 2 rings (SSSR count). The van der Waals surface area contributed by atoms with Crippen LogP contribution in [0.4, 0.5) is 13.2 Å². The highest BCUT2D eigenvalue weighted by Gasteiger charge is 2.44. The lowest BCUT2D eigenvalue weighted by Gasteiger charge is -2.44. The van der Waals surface area contributed by atoms with Gasteiger partial charge >= 0.3 is 18.1 Å². The Morgan fingerprint density at radius 2 is 2.03 bits per heavy atom. The highest BCUT2D eigenvalue weighted by atomic mass is 19.4. The van der Waals surface area contributed by atoms with Crippen molar-refractivity contribution >= 4 is 17.8 Å². The zero-order chi connectivity index (χ0) is 23.9. The predicted molar refractivity (Wildman–Crippen MR) is 109 cm³/mol. The Labute approximate surface area is 185 Å². The summed E-state index contributed by atoms with van der Waals surface area (Å²) in [7, 11) is 0. The lowest BCUT2D eigenvalue weighted by molar-refractivity contribution is -0.200. The number of halogens is 3. The van der Waals surface area contributed by atoms with E-state index in [1.54, 1.807) is 0 Å². The number of nitrogens with two attached hydrogens (primary N) is 1. The maximum absolute atomic E-state index is 12.5. The van der Waals surface area contributed by atoms with Crippen LogP contribution in [0, 0.1) is 5.92 Å². The number of alkyl halides is 3. The molecular weight excluding hydrogens is 431 g/mol. The molecule has 1 amide bonds. The number of rotatable bonds is 8. The van der Waals surface area contributed by atoms with Crippen molar-refractivity contribution in [2.24, 2.45) is 11.7 Å². The Balaban J connectivity index is 2.17. The molecule has 1 saturated heterocycles. The number of carbonyl (C=O) groups excluding carboxylic acids is 3. The van der Waals surface area contributed by atoms with Gasteiger partial charge in [-0.25, -0.2) is 9.59 Å². The average molecular weight is 463 g/mol. The van der Waals surface area contributed by atoms with Crippen LogP contribution in [-0.4, -0.2) is 73.4 Å². The van der Waals surface area contributed by atoms with Gasteiger partial charge in [-0.1, -0.05) is 19.4 Å². The van der Waals surface area contributed by atoms with Crippen LogP contribution in [0.1, 0.15) is 46.0 Å². The van der Waals surface area contributed by atoms with E-state index in [2.05, 4.69) is 21.9 Å². The molecule has 0 radical (unpaired) electrons. The van der Waals surface area contributed by atoms with Crippen LogP contribution in [0.15, 0.2) is 11.6 Å². The van der Waals surface area contributed by atoms with Crippen molar-refractivity contribution < 1.29 is 37.0 Å². The monoisotopic (exact) mass is 463 g/mol. The summed E-state index contributed by atoms with van der Waals surface area (Å²) in [6, 6.07) is -1.80. The molecule has 4 atom stereocenters. The quantitative estimate of drug-likeness (QED) is 0.320. The summed E-state index contributed by atoms with van der Waals surface area (Å²) in [6.45, 7) is 5.98. The summed E-state index contributed by atoms with van der Waals surface area (Å²) in [5.41, 5.74) is 6.09. The van der Waals surface area contributed by atoms with Gasteiger partial charge in [-0.15, -0.1) is 0 Å². The minimum atomic E-state index is -5.27. The normalized spacial score (nSPS) is 26.9. The second-order valence-electron chi connectivity index (χ2n) is 8.38. The zero-order valence-corrected chi connectivity index (χ0v) is 18.5. The Morgan fingerprint density at radius 3 is 2.66 bits per heavy atom. The fourth-order valence-electron chi connectivity index (χ4n) is 4.13. The molecule has 3 N–H and O–H groups in total. The van der Waals surface area contributed by atoms with E-state index in [1.165, 1.54) is 13.0 Å². The summed E-state index contributed by atoms with van der Waals surface area (Å²) in [5.74, 6) is -4.00. The molecule has 0 unspecified atom stereocenters. The van der Waals surface area contributed by atoms with Crippen LogP contribution in [0.3, 0.4) is 0 Å². The van der Waals surface area contributed by atoms with Gasteiger partial charge in [-0.05, 0) is 38.1 Å². The summed E-state index contributed by atoms with van der Waals surface area (Å²) in [4.78, 5) is 37.1. The number of esters is 2. The molecule has 1 fully saturated rings. The van der Waals surface area contributed by atoms with Crippen LogP contribution >= 0.6 is 0 Å². The van der Waals surface area contributed by atoms with Gasteiger partial charge in [0, 0.05) is 31.7 Å². The van der Waals surface area contributed by atoms with E-state index in [1.807, 2.05) is 0 Å². The molecular formula is C21H32F3N3O5. The number of likely N-dealkylation sites (tertiary alicyclic amines) is 1. The molecule has 2 aliphatic rings. The minimum absolute atomic E-state index is 0.108. The fraction of sp³-hybridized carbons (Fsp3) is 0.762. The van der Waals surface area contributed by atoms with Gasteiger partial charge < -0.3 is 20.5 Å². The molecule has 1 aliphatic carbocycles. The highest BCUT2D eigenvalue weighted by Crippen LogP contribution is 2.28. The third kappa shape index (κ3) is 7.56. The number of nitrogens with one attached hydrogen (secondary N) is 1. The van der Waals surface area contributed by atoms with Crippen LogP contribution < -0.4 is 11.1 Å². The Hall–Kier alpha value is -1.98. The van der Waals surface area contributed by atoms with E-state index in [0.29, 0.717) is 26.3 Å². The summed E-state index contributed by atoms with van der Waals surface area (Å²) in [6.07, 6.45) is -0.0907. The molecule has 0 saturated carbocycles. The molecule has 11 heteroatoms. The number of ether oxygens (including phenoxy) is 2. The van der Waals surface area contributed by atoms with E-state index in [0.717, 1.165) is 25.7 Å². The van der Waals surface area contributed by atoms with Crippen LogP contribution in [0.2, 0.25) is 0 Å². The first-order valence-electron chi connectivity index (χ1n) is 10.9. The molecule has 182 valence electrons. The van der Waals surface area contributed by atoms with Gasteiger partial charge in [0.25, 0.3) is 0 Å². The van der Waals surface area contributed by atoms with Gasteiger partial charge in [0.15, 0.2) is 0 Å². The van der Waals surface area contributed by atoms with Crippen LogP contribution in [0.5, 0.6) is 0 Å². The number of amides is 1. The molecule has 1 aliphatic heterocycles. The van der Waals surface area contributed by atoms with Crippen molar-refractivity contribution in [3.05, 3.63) is 11.6 Å². The van der Waals surface area contributed by atoms with E-state index >= 15 is 0 Å². The van der Waals surface area contributed by atoms with E-state index < -0.39 is 36.2 Å². The average Bonchev–Trinajstić information content (AvgIpc) is 2.71. The molecule has 0 spiro atoms. The second-order valence-corrected chi connectivity index (χ2v) is 8.38. The number of nitrogens with zero attached hydrogens (tertiary/aromatic N) is 1. The Morgan fingerprint density at radius 1 is 1.31 bits per heavy atom. The standard InChI is InChI=1S/C21H32F3N3O5/c1-3-4-8-31-12-14-6-5-7-27(11-14)17-10-15(9-16(25)18(17)26-13(2)28)19(29)32-20(30)21(22,23)24/h10,14,16-18H,3-9,11-12,25H2,1-2H3,(H,26,28)/t14-,16-,17+,18-/m0/s1. The molecule has 8 nitrogen and oxygen atoms in total. The SMILES string of the molecule is CCCCOC[C@H]1CCCN([C@@H]2C=C(C(=O)OC(=O)C(F)(F)F)C[C@H](N)[C@@H]2NC(C)=O)C1. The number of hydrogen-bond donors (Lipinski definition) is 2. The van der Waals surface area contributed by atoms with E-state index in [4.69, 9.17) is 10.5 Å². The predicted octanol–water partition coefficient (Wildman–Crippen LogP) is 1.68. The van der Waals surface area contributed by atoms with Crippen molar-refractivity contribution in [3.8, 4) is 0 Å². The largest absolute Gasteiger partial charge is 0.491 e. The number of unbranched alkanes of at least 4 members (excludes halogenated alkanes) is 1. The van der Waals surface area contributed by atoms with Gasteiger partial charge in [0.2, 0.25) is 5.91 Å². The second kappa shape index (κ2) is 11.8. The van der Waals surface area contributed by atoms with Gasteiger partial charge in [-0.3, -0.25) is 9.69 Å². The fourth-order valence-corrected chi connectivity index (χ4v) is 4.13. The first-order chi connectivity index (χ1) is 15.0. The van der Waals surface area contributed by atoms with Crippen LogP contribution in [0.25, 0.3) is 0 Å². The zero-order valence-electron chi connectivity index (χ0n) is 18.5. The molecule has 32 heavy (non-hydrogen) atoms. The highest BCUT2D eigenvalue weighted by molar-refractivity contribution is 5.98. The van der Waals surface area contributed by atoms with Gasteiger partial charge in [0.05, 0.1) is 18.7 Å². The Kier molecular flexibility index (Phi) is 9.65. The lowest BCUT2D eigenvalue weighted by atomic mass is 9.84. The van der Waals surface area contributed by atoms with Gasteiger partial charge in [-0.2, -0.15) is 13.2 Å². The first-order valence-corrected chi connectivity index (χ1v) is 10.9. The smallest absolute Gasteiger partial charge is 0.383 e. The van der Waals surface area contributed by atoms with Crippen molar-refractivity contribution in [1.29, 1.82) is 0 Å². The lowest BCUT2D eigenvalue weighted by Crippen LogP contribution is -2.62. The minimum Gasteiger partial charge on any atom is -0.383 e. The van der Waals surface area contributed by atoms with Gasteiger partial charge in [0.1, 0.15) is 0 Å². The molecule has 0 bridgehead atoms. The Bertz CT molecular complexity index is 713. The molecule has 1 heterocycles. The third-order valence-electron chi connectivity index (χ3n) is 5.67. The van der Waals surface area contributed by atoms with Crippen molar-refractivity contribution in [1.82, 2.24) is 10.2 Å². The van der Waals surface area contributed by atoms with E-state index in [9.17, 15) is 27.6 Å². The number of hydrogen-bond acceptors (Lipinski definition) is 7. The van der Waals surface area contributed by atoms with Crippen molar-refractivity contribution in [2.45, 2.75) is 70.3 Å². The summed E-state index contributed by atoms with van der Waals surface area (Å²) < 4.78 is 47.2. The molecule has 0 aromatic heterocycles. The maximum Gasteiger partial charge on any atom is 0.491 e. The van der Waals surface area contributed by atoms with Crippen LogP contribution in [-0.2, 0) is 23.9 Å². The molecule has 0 aromatic rings. The molecule has 0 aromatic carbocycles. The maximum atomic E-state index is 12.5. The summed E-state index contributed by atoms with van der Waals surface area (Å²) in [5, 5.41) is 2.80. The number of piperidine rings is 1. The van der Waals surface area contributed by atoms with E-state index in [-0.39, 0.29) is 23.8 Å². The third-order valence-corrected chi connectivity index (χ3v) is 5.67. The summed E-state index contributed by atoms with van der Waals surface area (Å²) >= 11 is 0. The topological polar surface area (TPSA) is 111 Å². The number of carbonyl (C=O) groups is 3.